The number of phenols is 2. The molecule has 0 saturated carbocycles. The maximum absolute atomic E-state index is 13.3. The van der Waals surface area contributed by atoms with Crippen molar-refractivity contribution < 1.29 is 29.3 Å². The van der Waals surface area contributed by atoms with Crippen LogP contribution < -0.4 is 9.47 Å². The second-order valence-corrected chi connectivity index (χ2v) is 8.42. The number of para-hydroxylation sites is 2. The van der Waals surface area contributed by atoms with Gasteiger partial charge in [0.1, 0.15) is 34.5 Å². The highest BCUT2D eigenvalue weighted by Crippen LogP contribution is 2.30. The Labute approximate surface area is 219 Å². The Hall–Kier alpha value is -5.36. The van der Waals surface area contributed by atoms with Crippen molar-refractivity contribution in [3.8, 4) is 34.5 Å². The van der Waals surface area contributed by atoms with Crippen LogP contribution in [0.2, 0.25) is 0 Å². The number of hydrogen-bond donors (Lipinski definition) is 2. The zero-order valence-electron chi connectivity index (χ0n) is 20.1. The molecule has 0 unspecified atom stereocenters. The van der Waals surface area contributed by atoms with Crippen molar-refractivity contribution in [2.24, 2.45) is 0 Å². The summed E-state index contributed by atoms with van der Waals surface area (Å²) in [5.41, 5.74) is 1.54. The largest absolute Gasteiger partial charge is 0.508 e. The summed E-state index contributed by atoms with van der Waals surface area (Å²) in [7, 11) is 0. The number of ether oxygens (including phenoxy) is 2. The third kappa shape index (κ3) is 5.39. The number of ketones is 2. The van der Waals surface area contributed by atoms with Crippen LogP contribution in [0.25, 0.3) is 0 Å². The van der Waals surface area contributed by atoms with Gasteiger partial charge in [-0.1, -0.05) is 48.5 Å². The van der Waals surface area contributed by atoms with E-state index in [0.717, 1.165) is 0 Å². The van der Waals surface area contributed by atoms with Crippen LogP contribution in [0.3, 0.4) is 0 Å². The summed E-state index contributed by atoms with van der Waals surface area (Å²) in [5.74, 6) is 1.45. The van der Waals surface area contributed by atoms with E-state index < -0.39 is 0 Å². The molecule has 0 fully saturated rings. The fraction of sp³-hybridized carbons (Fsp3) is 0. The Bertz CT molecular complexity index is 1470. The van der Waals surface area contributed by atoms with Crippen molar-refractivity contribution in [1.82, 2.24) is 0 Å². The van der Waals surface area contributed by atoms with Crippen LogP contribution in [0.5, 0.6) is 34.5 Å². The number of hydrogen-bond acceptors (Lipinski definition) is 6. The second kappa shape index (κ2) is 10.7. The van der Waals surface area contributed by atoms with Gasteiger partial charge in [-0.2, -0.15) is 0 Å². The predicted octanol–water partition coefficient (Wildman–Crippen LogP) is 7.14. The van der Waals surface area contributed by atoms with E-state index in [1.807, 2.05) is 0 Å². The van der Waals surface area contributed by atoms with Crippen molar-refractivity contribution in [1.29, 1.82) is 0 Å². The maximum atomic E-state index is 13.3. The molecule has 2 N–H and O–H groups in total. The quantitative estimate of drug-likeness (QED) is 0.219. The molecule has 0 spiro atoms. The lowest BCUT2D eigenvalue weighted by Crippen LogP contribution is -2.06. The Morgan fingerprint density at radius 1 is 0.447 bits per heavy atom. The lowest BCUT2D eigenvalue weighted by molar-refractivity contribution is 0.102. The molecule has 0 amide bonds. The lowest BCUT2D eigenvalue weighted by atomic mass is 9.98. The van der Waals surface area contributed by atoms with Gasteiger partial charge in [0.2, 0.25) is 0 Å². The molecule has 38 heavy (non-hydrogen) atoms. The summed E-state index contributed by atoms with van der Waals surface area (Å²) >= 11 is 0. The van der Waals surface area contributed by atoms with E-state index in [1.54, 1.807) is 97.1 Å². The molecule has 0 heterocycles. The summed E-state index contributed by atoms with van der Waals surface area (Å²) < 4.78 is 11.8. The molecule has 0 bridgehead atoms. The predicted molar refractivity (Wildman–Crippen MR) is 143 cm³/mol. The Balaban J connectivity index is 1.36. The summed E-state index contributed by atoms with van der Waals surface area (Å²) in [5, 5.41) is 19.0. The van der Waals surface area contributed by atoms with E-state index in [9.17, 15) is 19.8 Å². The van der Waals surface area contributed by atoms with Crippen LogP contribution in [0.15, 0.2) is 121 Å². The van der Waals surface area contributed by atoms with Crippen LogP contribution in [0.1, 0.15) is 31.8 Å². The molecule has 5 aromatic carbocycles. The molecule has 186 valence electrons. The smallest absolute Gasteiger partial charge is 0.196 e. The van der Waals surface area contributed by atoms with Crippen molar-refractivity contribution in [3.63, 3.8) is 0 Å². The Kier molecular flexibility index (Phi) is 6.87. The highest BCUT2D eigenvalue weighted by atomic mass is 16.5. The zero-order chi connectivity index (χ0) is 26.5. The van der Waals surface area contributed by atoms with Gasteiger partial charge in [0, 0.05) is 11.1 Å². The summed E-state index contributed by atoms with van der Waals surface area (Å²) in [4.78, 5) is 26.6. The van der Waals surface area contributed by atoms with Crippen molar-refractivity contribution >= 4 is 11.6 Å². The minimum atomic E-state index is -0.255. The molecule has 6 nitrogen and oxygen atoms in total. The van der Waals surface area contributed by atoms with Crippen LogP contribution in [-0.2, 0) is 0 Å². The van der Waals surface area contributed by atoms with E-state index in [-0.39, 0.29) is 23.1 Å². The van der Waals surface area contributed by atoms with Crippen LogP contribution in [-0.4, -0.2) is 21.8 Å². The normalized spacial score (nSPS) is 10.5. The minimum Gasteiger partial charge on any atom is -0.508 e. The topological polar surface area (TPSA) is 93.1 Å². The van der Waals surface area contributed by atoms with E-state index in [2.05, 4.69) is 0 Å². The van der Waals surface area contributed by atoms with Gasteiger partial charge < -0.3 is 19.7 Å². The van der Waals surface area contributed by atoms with Gasteiger partial charge in [-0.3, -0.25) is 9.59 Å². The standard InChI is InChI=1S/C32H22O6/c33-23-13-17-25(18-14-23)37-29-7-3-1-5-27(29)31(35)21-9-11-22(12-10-21)32(36)28-6-2-4-8-30(28)38-26-19-15-24(34)16-20-26/h1-20,33-34H. The number of benzene rings is 5. The van der Waals surface area contributed by atoms with Gasteiger partial charge in [-0.25, -0.2) is 0 Å². The van der Waals surface area contributed by atoms with Crippen LogP contribution in [0.4, 0.5) is 0 Å². The lowest BCUT2D eigenvalue weighted by Gasteiger charge is -2.12. The van der Waals surface area contributed by atoms with Gasteiger partial charge >= 0.3 is 0 Å². The number of carbonyl (C=O) groups excluding carboxylic acids is 2. The summed E-state index contributed by atoms with van der Waals surface area (Å²) in [6.45, 7) is 0. The number of rotatable bonds is 8. The molecular weight excluding hydrogens is 480 g/mol. The fourth-order valence-corrected chi connectivity index (χ4v) is 3.85. The van der Waals surface area contributed by atoms with Gasteiger partial charge in [-0.05, 0) is 72.8 Å². The fourth-order valence-electron chi connectivity index (χ4n) is 3.85. The summed E-state index contributed by atoms with van der Waals surface area (Å²) in [6.07, 6.45) is 0. The zero-order valence-corrected chi connectivity index (χ0v) is 20.1. The average molecular weight is 503 g/mol. The third-order valence-corrected chi connectivity index (χ3v) is 5.80. The third-order valence-electron chi connectivity index (χ3n) is 5.80. The van der Waals surface area contributed by atoms with Crippen molar-refractivity contribution in [2.45, 2.75) is 0 Å². The summed E-state index contributed by atoms with van der Waals surface area (Å²) in [6, 6.07) is 32.7. The number of phenolic OH excluding ortho intramolecular Hbond substituents is 2. The van der Waals surface area contributed by atoms with E-state index in [0.29, 0.717) is 45.3 Å². The first-order valence-corrected chi connectivity index (χ1v) is 11.8. The van der Waals surface area contributed by atoms with Crippen molar-refractivity contribution in [3.05, 3.63) is 144 Å². The molecule has 0 radical (unpaired) electrons. The van der Waals surface area contributed by atoms with Crippen LogP contribution in [0, 0.1) is 0 Å². The molecule has 0 aliphatic heterocycles. The van der Waals surface area contributed by atoms with E-state index >= 15 is 0 Å². The second-order valence-electron chi connectivity index (χ2n) is 8.42. The van der Waals surface area contributed by atoms with Crippen LogP contribution >= 0.6 is 0 Å². The molecule has 0 aliphatic carbocycles. The molecule has 5 rings (SSSR count). The number of aromatic hydroxyl groups is 2. The maximum Gasteiger partial charge on any atom is 0.196 e. The molecule has 0 aliphatic rings. The van der Waals surface area contributed by atoms with Gasteiger partial charge in [0.05, 0.1) is 11.1 Å². The Morgan fingerprint density at radius 3 is 1.16 bits per heavy atom. The first-order valence-electron chi connectivity index (χ1n) is 11.8. The monoisotopic (exact) mass is 502 g/mol. The SMILES string of the molecule is O=C(c1ccc(C(=O)c2ccccc2Oc2ccc(O)cc2)cc1)c1ccccc1Oc1ccc(O)cc1. The van der Waals surface area contributed by atoms with Crippen molar-refractivity contribution in [2.75, 3.05) is 0 Å². The molecule has 6 heteroatoms. The number of carbonyl (C=O) groups is 2. The molecule has 0 atom stereocenters. The minimum absolute atomic E-state index is 0.117. The van der Waals surface area contributed by atoms with E-state index in [1.165, 1.54) is 24.3 Å². The molecule has 0 aromatic heterocycles. The first-order chi connectivity index (χ1) is 18.5. The highest BCUT2D eigenvalue weighted by molar-refractivity contribution is 6.13. The molecular formula is C32H22O6. The van der Waals surface area contributed by atoms with Gasteiger partial charge in [0.15, 0.2) is 11.6 Å². The highest BCUT2D eigenvalue weighted by Gasteiger charge is 2.18. The first kappa shape index (κ1) is 24.3. The Morgan fingerprint density at radius 2 is 0.789 bits per heavy atom. The molecule has 5 aromatic rings. The molecule has 0 saturated heterocycles. The average Bonchev–Trinajstić information content (AvgIpc) is 2.95. The van der Waals surface area contributed by atoms with E-state index in [4.69, 9.17) is 9.47 Å². The van der Waals surface area contributed by atoms with Gasteiger partial charge in [-0.15, -0.1) is 0 Å². The van der Waals surface area contributed by atoms with Gasteiger partial charge in [0.25, 0.3) is 0 Å².